The second-order valence-electron chi connectivity index (χ2n) is 4.86. The van der Waals surface area contributed by atoms with Gasteiger partial charge in [-0.1, -0.05) is 0 Å². The zero-order chi connectivity index (χ0) is 15.6. The quantitative estimate of drug-likeness (QED) is 0.778. The van der Waals surface area contributed by atoms with Crippen LogP contribution in [0.2, 0.25) is 0 Å². The second-order valence-corrected chi connectivity index (χ2v) is 4.86. The molecule has 2 rings (SSSR count). The smallest absolute Gasteiger partial charge is 0.327 e. The molecule has 116 valence electrons. The van der Waals surface area contributed by atoms with Crippen molar-refractivity contribution in [3.05, 3.63) is 17.0 Å². The highest BCUT2D eigenvalue weighted by Crippen LogP contribution is 2.43. The number of carboxylic acids is 1. The molecule has 1 aromatic rings. The number of alkyl halides is 2. The molecule has 1 N–H and O–H groups in total. The maximum Gasteiger partial charge on any atom is 0.327 e. The Bertz CT molecular complexity index is 553. The van der Waals surface area contributed by atoms with E-state index in [4.69, 9.17) is 9.84 Å². The summed E-state index contributed by atoms with van der Waals surface area (Å²) in [5.74, 6) is -1.78. The molecule has 1 saturated carbocycles. The number of aliphatic carboxylic acids is 1. The Kier molecular flexibility index (Phi) is 4.54. The van der Waals surface area contributed by atoms with E-state index in [1.54, 1.807) is 6.92 Å². The Labute approximate surface area is 119 Å². The van der Waals surface area contributed by atoms with E-state index in [9.17, 15) is 18.4 Å². The predicted octanol–water partition coefficient (Wildman–Crippen LogP) is 1.89. The number of carbonyl (C=O) groups is 2. The summed E-state index contributed by atoms with van der Waals surface area (Å²) in [5.41, 5.74) is -0.0892. The Morgan fingerprint density at radius 1 is 1.48 bits per heavy atom. The van der Waals surface area contributed by atoms with E-state index in [2.05, 4.69) is 5.10 Å². The number of halogens is 2. The number of rotatable bonds is 7. The average Bonchev–Trinajstić information content (AvgIpc) is 3.14. The molecule has 1 aromatic heterocycles. The summed E-state index contributed by atoms with van der Waals surface area (Å²) in [6, 6.07) is 0. The summed E-state index contributed by atoms with van der Waals surface area (Å²) in [7, 11) is 0. The number of hydrogen-bond acceptors (Lipinski definition) is 4. The van der Waals surface area contributed by atoms with Crippen LogP contribution in [-0.4, -0.2) is 33.4 Å². The third-order valence-electron chi connectivity index (χ3n) is 3.21. The van der Waals surface area contributed by atoms with E-state index in [1.165, 1.54) is 4.68 Å². The first-order valence-electron chi connectivity index (χ1n) is 6.69. The zero-order valence-electron chi connectivity index (χ0n) is 11.5. The number of carbonyl (C=O) groups excluding carboxylic acids is 1. The first-order chi connectivity index (χ1) is 9.93. The van der Waals surface area contributed by atoms with Gasteiger partial charge >= 0.3 is 11.9 Å². The highest BCUT2D eigenvalue weighted by Gasteiger charge is 2.35. The van der Waals surface area contributed by atoms with E-state index in [-0.39, 0.29) is 24.6 Å². The van der Waals surface area contributed by atoms with E-state index < -0.39 is 30.5 Å². The summed E-state index contributed by atoms with van der Waals surface area (Å²) in [4.78, 5) is 22.4. The van der Waals surface area contributed by atoms with Crippen LogP contribution in [0.25, 0.3) is 0 Å². The molecule has 1 fully saturated rings. The SMILES string of the molecule is CCOC(=O)Cn1nc(C(F)F)c(CC(=O)O)c1C1CC1. The molecule has 0 unspecified atom stereocenters. The third kappa shape index (κ3) is 3.56. The number of ether oxygens (including phenoxy) is 1. The van der Waals surface area contributed by atoms with Crippen LogP contribution in [0.3, 0.4) is 0 Å². The standard InChI is InChI=1S/C13H16F2N2O4/c1-2-21-10(20)6-17-12(7-3-4-7)8(5-9(18)19)11(16-17)13(14)15/h7,13H,2-6H2,1H3,(H,18,19). The average molecular weight is 302 g/mol. The monoisotopic (exact) mass is 302 g/mol. The van der Waals surface area contributed by atoms with Gasteiger partial charge in [-0.25, -0.2) is 8.78 Å². The van der Waals surface area contributed by atoms with Crippen molar-refractivity contribution < 1.29 is 28.2 Å². The van der Waals surface area contributed by atoms with Gasteiger partial charge in [-0.15, -0.1) is 0 Å². The van der Waals surface area contributed by atoms with Crippen molar-refractivity contribution in [2.24, 2.45) is 0 Å². The number of carboxylic acid groups (broad SMARTS) is 1. The molecule has 0 atom stereocenters. The second kappa shape index (κ2) is 6.19. The minimum atomic E-state index is -2.87. The summed E-state index contributed by atoms with van der Waals surface area (Å²) in [6.45, 7) is 1.55. The van der Waals surface area contributed by atoms with Crippen molar-refractivity contribution in [3.8, 4) is 0 Å². The molecule has 6 nitrogen and oxygen atoms in total. The molecular weight excluding hydrogens is 286 g/mol. The summed E-state index contributed by atoms with van der Waals surface area (Å²) >= 11 is 0. The summed E-state index contributed by atoms with van der Waals surface area (Å²) in [6.07, 6.45) is -1.83. The Morgan fingerprint density at radius 3 is 2.62 bits per heavy atom. The first kappa shape index (κ1) is 15.4. The van der Waals surface area contributed by atoms with Gasteiger partial charge in [0.1, 0.15) is 12.2 Å². The molecule has 1 aliphatic rings. The van der Waals surface area contributed by atoms with Gasteiger partial charge < -0.3 is 9.84 Å². The molecule has 0 amide bonds. The van der Waals surface area contributed by atoms with E-state index in [0.29, 0.717) is 5.69 Å². The largest absolute Gasteiger partial charge is 0.481 e. The first-order valence-corrected chi connectivity index (χ1v) is 6.69. The van der Waals surface area contributed by atoms with Crippen LogP contribution in [0.4, 0.5) is 8.78 Å². The van der Waals surface area contributed by atoms with Gasteiger partial charge in [0, 0.05) is 17.2 Å². The van der Waals surface area contributed by atoms with Crippen LogP contribution < -0.4 is 0 Å². The van der Waals surface area contributed by atoms with Gasteiger partial charge in [0.25, 0.3) is 6.43 Å². The van der Waals surface area contributed by atoms with Crippen molar-refractivity contribution in [3.63, 3.8) is 0 Å². The fourth-order valence-electron chi connectivity index (χ4n) is 2.30. The Morgan fingerprint density at radius 2 is 2.14 bits per heavy atom. The minimum absolute atomic E-state index is 0.00576. The predicted molar refractivity (Wildman–Crippen MR) is 67.1 cm³/mol. The minimum Gasteiger partial charge on any atom is -0.481 e. The lowest BCUT2D eigenvalue weighted by molar-refractivity contribution is -0.144. The molecule has 1 heterocycles. The van der Waals surface area contributed by atoms with Crippen LogP contribution in [0.1, 0.15) is 49.1 Å². The molecule has 0 aliphatic heterocycles. The van der Waals surface area contributed by atoms with Gasteiger partial charge in [-0.2, -0.15) is 5.10 Å². The number of esters is 1. The van der Waals surface area contributed by atoms with Crippen LogP contribution in [0.15, 0.2) is 0 Å². The maximum absolute atomic E-state index is 13.1. The van der Waals surface area contributed by atoms with Gasteiger partial charge in [-0.3, -0.25) is 14.3 Å². The van der Waals surface area contributed by atoms with Crippen molar-refractivity contribution in [1.82, 2.24) is 9.78 Å². The summed E-state index contributed by atoms with van der Waals surface area (Å²) < 4.78 is 32.1. The molecule has 1 aliphatic carbocycles. The van der Waals surface area contributed by atoms with Crippen molar-refractivity contribution in [1.29, 1.82) is 0 Å². The van der Waals surface area contributed by atoms with Gasteiger partial charge in [0.05, 0.1) is 13.0 Å². The topological polar surface area (TPSA) is 81.4 Å². The Balaban J connectivity index is 2.39. The fraction of sp³-hybridized carbons (Fsp3) is 0.615. The van der Waals surface area contributed by atoms with Crippen LogP contribution in [0.5, 0.6) is 0 Å². The Hall–Kier alpha value is -1.99. The lowest BCUT2D eigenvalue weighted by Gasteiger charge is -2.07. The fourth-order valence-corrected chi connectivity index (χ4v) is 2.30. The molecule has 21 heavy (non-hydrogen) atoms. The van der Waals surface area contributed by atoms with Crippen LogP contribution in [0, 0.1) is 0 Å². The van der Waals surface area contributed by atoms with Gasteiger partial charge in [0.15, 0.2) is 0 Å². The molecule has 0 aromatic carbocycles. The lowest BCUT2D eigenvalue weighted by Crippen LogP contribution is -2.17. The molecule has 0 radical (unpaired) electrons. The number of nitrogens with zero attached hydrogens (tertiary/aromatic N) is 2. The van der Waals surface area contributed by atoms with Crippen molar-refractivity contribution in [2.45, 2.75) is 45.1 Å². The third-order valence-corrected chi connectivity index (χ3v) is 3.21. The molecule has 0 spiro atoms. The van der Waals surface area contributed by atoms with E-state index >= 15 is 0 Å². The number of aromatic nitrogens is 2. The molecule has 8 heteroatoms. The van der Waals surface area contributed by atoms with E-state index in [0.717, 1.165) is 12.8 Å². The lowest BCUT2D eigenvalue weighted by atomic mass is 10.1. The molecule has 0 saturated heterocycles. The van der Waals surface area contributed by atoms with Crippen LogP contribution in [-0.2, 0) is 27.3 Å². The van der Waals surface area contributed by atoms with Crippen molar-refractivity contribution in [2.75, 3.05) is 6.61 Å². The van der Waals surface area contributed by atoms with Crippen molar-refractivity contribution >= 4 is 11.9 Å². The normalized spacial score (nSPS) is 14.5. The van der Waals surface area contributed by atoms with E-state index in [1.807, 2.05) is 0 Å². The molecule has 0 bridgehead atoms. The highest BCUT2D eigenvalue weighted by atomic mass is 19.3. The maximum atomic E-state index is 13.1. The molecular formula is C13H16F2N2O4. The zero-order valence-corrected chi connectivity index (χ0v) is 11.5. The highest BCUT2D eigenvalue weighted by molar-refractivity contribution is 5.72. The van der Waals surface area contributed by atoms with Gasteiger partial charge in [-0.05, 0) is 19.8 Å². The van der Waals surface area contributed by atoms with Crippen LogP contribution >= 0.6 is 0 Å². The summed E-state index contributed by atoms with van der Waals surface area (Å²) in [5, 5.41) is 12.7. The number of hydrogen-bond donors (Lipinski definition) is 1. The van der Waals surface area contributed by atoms with Gasteiger partial charge in [0.2, 0.25) is 0 Å².